The molecule has 0 saturated carbocycles. The van der Waals surface area contributed by atoms with Crippen LogP contribution in [0.25, 0.3) is 33.7 Å². The van der Waals surface area contributed by atoms with E-state index in [0.717, 1.165) is 44.6 Å². The Bertz CT molecular complexity index is 1100. The number of nitriles is 1. The Balaban J connectivity index is 1.97. The first-order valence-corrected chi connectivity index (χ1v) is 8.79. The van der Waals surface area contributed by atoms with Crippen LogP contribution in [0.5, 0.6) is 0 Å². The Labute approximate surface area is 160 Å². The van der Waals surface area contributed by atoms with Crippen molar-refractivity contribution in [3.05, 3.63) is 96.8 Å². The lowest BCUT2D eigenvalue weighted by Gasteiger charge is -2.06. The van der Waals surface area contributed by atoms with Gasteiger partial charge in [-0.1, -0.05) is 67.8 Å². The molecule has 0 saturated heterocycles. The number of benzene rings is 2. The van der Waals surface area contributed by atoms with Gasteiger partial charge >= 0.3 is 0 Å². The summed E-state index contributed by atoms with van der Waals surface area (Å²) in [7, 11) is 0. The van der Waals surface area contributed by atoms with Gasteiger partial charge in [0, 0.05) is 10.9 Å². The first-order valence-electron chi connectivity index (χ1n) is 8.79. The van der Waals surface area contributed by atoms with Crippen molar-refractivity contribution in [3.63, 3.8) is 0 Å². The monoisotopic (exact) mass is 351 g/mol. The van der Waals surface area contributed by atoms with Crippen LogP contribution in [-0.2, 0) is 0 Å². The van der Waals surface area contributed by atoms with Crippen molar-refractivity contribution in [2.75, 3.05) is 0 Å². The highest BCUT2D eigenvalue weighted by molar-refractivity contribution is 5.88. The lowest BCUT2D eigenvalue weighted by atomic mass is 9.98. The Morgan fingerprint density at radius 3 is 2.78 bits per heavy atom. The van der Waals surface area contributed by atoms with E-state index < -0.39 is 0 Å². The SMILES string of the molecule is C=C/C=C\c1oc2cc(-c3cccc(C(=C)/C=C\CC#N)c3)ccc2c1C. The van der Waals surface area contributed by atoms with Gasteiger partial charge in [0.2, 0.25) is 0 Å². The molecule has 0 amide bonds. The van der Waals surface area contributed by atoms with E-state index in [0.29, 0.717) is 6.42 Å². The number of nitrogens with zero attached hydrogens (tertiary/aromatic N) is 1. The van der Waals surface area contributed by atoms with Gasteiger partial charge in [-0.3, -0.25) is 0 Å². The Morgan fingerprint density at radius 1 is 1.19 bits per heavy atom. The van der Waals surface area contributed by atoms with Gasteiger partial charge in [-0.15, -0.1) is 0 Å². The third kappa shape index (κ3) is 3.99. The first kappa shape index (κ1) is 18.2. The maximum atomic E-state index is 8.65. The summed E-state index contributed by atoms with van der Waals surface area (Å²) in [5.74, 6) is 0.854. The number of rotatable bonds is 6. The average Bonchev–Trinajstić information content (AvgIpc) is 3.01. The van der Waals surface area contributed by atoms with Gasteiger partial charge in [0.25, 0.3) is 0 Å². The summed E-state index contributed by atoms with van der Waals surface area (Å²) in [5.41, 5.74) is 6.10. The summed E-state index contributed by atoms with van der Waals surface area (Å²) in [6.07, 6.45) is 9.64. The van der Waals surface area contributed by atoms with Crippen molar-refractivity contribution < 1.29 is 4.42 Å². The molecular formula is C25H21NO. The second kappa shape index (κ2) is 8.21. The largest absolute Gasteiger partial charge is 0.456 e. The molecule has 27 heavy (non-hydrogen) atoms. The molecule has 0 aliphatic carbocycles. The summed E-state index contributed by atoms with van der Waals surface area (Å²) < 4.78 is 6.01. The molecule has 2 nitrogen and oxygen atoms in total. The molecule has 0 bridgehead atoms. The minimum Gasteiger partial charge on any atom is -0.456 e. The second-order valence-corrected chi connectivity index (χ2v) is 6.27. The summed E-state index contributed by atoms with van der Waals surface area (Å²) in [5, 5.41) is 9.76. The second-order valence-electron chi connectivity index (χ2n) is 6.27. The maximum Gasteiger partial charge on any atom is 0.135 e. The van der Waals surface area contributed by atoms with E-state index in [2.05, 4.69) is 56.5 Å². The van der Waals surface area contributed by atoms with Crippen LogP contribution in [0.15, 0.2) is 84.3 Å². The molecule has 0 spiro atoms. The van der Waals surface area contributed by atoms with E-state index in [9.17, 15) is 0 Å². The summed E-state index contributed by atoms with van der Waals surface area (Å²) in [6.45, 7) is 9.86. The van der Waals surface area contributed by atoms with Gasteiger partial charge < -0.3 is 4.42 Å². The van der Waals surface area contributed by atoms with Gasteiger partial charge in [0.1, 0.15) is 11.3 Å². The molecule has 2 heteroatoms. The molecule has 0 unspecified atom stereocenters. The topological polar surface area (TPSA) is 36.9 Å². The van der Waals surface area contributed by atoms with Gasteiger partial charge in [-0.05, 0) is 47.4 Å². The fourth-order valence-electron chi connectivity index (χ4n) is 2.99. The van der Waals surface area contributed by atoms with Crippen LogP contribution < -0.4 is 0 Å². The molecule has 3 rings (SSSR count). The molecule has 132 valence electrons. The average molecular weight is 351 g/mol. The summed E-state index contributed by atoms with van der Waals surface area (Å²) in [6, 6.07) is 16.6. The first-order chi connectivity index (χ1) is 13.1. The molecule has 1 aromatic heterocycles. The fourth-order valence-corrected chi connectivity index (χ4v) is 2.99. The predicted molar refractivity (Wildman–Crippen MR) is 114 cm³/mol. The van der Waals surface area contributed by atoms with Crippen molar-refractivity contribution in [1.29, 1.82) is 5.26 Å². The third-order valence-electron chi connectivity index (χ3n) is 4.45. The highest BCUT2D eigenvalue weighted by Crippen LogP contribution is 2.31. The Morgan fingerprint density at radius 2 is 2.00 bits per heavy atom. The molecule has 0 fully saturated rings. The number of allylic oxidation sites excluding steroid dienone is 5. The fraction of sp³-hybridized carbons (Fsp3) is 0.0800. The molecule has 0 atom stereocenters. The van der Waals surface area contributed by atoms with Crippen LogP contribution in [0, 0.1) is 18.3 Å². The van der Waals surface area contributed by atoms with Crippen LogP contribution in [0.4, 0.5) is 0 Å². The number of fused-ring (bicyclic) bond motifs is 1. The van der Waals surface area contributed by atoms with E-state index >= 15 is 0 Å². The van der Waals surface area contributed by atoms with Gasteiger partial charge in [-0.25, -0.2) is 0 Å². The Kier molecular flexibility index (Phi) is 5.54. The van der Waals surface area contributed by atoms with Crippen molar-refractivity contribution in [3.8, 4) is 17.2 Å². The number of hydrogen-bond donors (Lipinski definition) is 0. The lowest BCUT2D eigenvalue weighted by molar-refractivity contribution is 0.601. The van der Waals surface area contributed by atoms with Crippen LogP contribution in [0.3, 0.4) is 0 Å². The zero-order valence-electron chi connectivity index (χ0n) is 15.4. The third-order valence-corrected chi connectivity index (χ3v) is 4.45. The van der Waals surface area contributed by atoms with Crippen molar-refractivity contribution in [2.24, 2.45) is 0 Å². The van der Waals surface area contributed by atoms with Crippen LogP contribution in [-0.4, -0.2) is 0 Å². The van der Waals surface area contributed by atoms with Gasteiger partial charge in [-0.2, -0.15) is 5.26 Å². The standard InChI is InChI=1S/C25H21NO/c1-4-5-12-24-19(3)23-14-13-22(17-25(23)27-24)21-11-8-10-20(16-21)18(2)9-6-7-15-26/h4-6,8-14,16-17H,1-2,7H2,3H3/b9-6-,12-5-. The highest BCUT2D eigenvalue weighted by atomic mass is 16.3. The molecule has 3 aromatic rings. The Hall–Kier alpha value is -3.57. The van der Waals surface area contributed by atoms with Crippen LogP contribution in [0.2, 0.25) is 0 Å². The van der Waals surface area contributed by atoms with Crippen LogP contribution >= 0.6 is 0 Å². The normalized spacial score (nSPS) is 11.3. The molecule has 2 aromatic carbocycles. The van der Waals surface area contributed by atoms with Crippen molar-refractivity contribution in [2.45, 2.75) is 13.3 Å². The van der Waals surface area contributed by atoms with Gasteiger partial charge in [0.05, 0.1) is 12.5 Å². The van der Waals surface area contributed by atoms with Crippen LogP contribution in [0.1, 0.15) is 23.3 Å². The minimum atomic E-state index is 0.385. The molecule has 0 aliphatic heterocycles. The quantitative estimate of drug-likeness (QED) is 0.444. The van der Waals surface area contributed by atoms with Crippen molar-refractivity contribution in [1.82, 2.24) is 0 Å². The summed E-state index contributed by atoms with van der Waals surface area (Å²) >= 11 is 0. The smallest absolute Gasteiger partial charge is 0.135 e. The van der Waals surface area contributed by atoms with E-state index in [1.165, 1.54) is 0 Å². The van der Waals surface area contributed by atoms with E-state index in [-0.39, 0.29) is 0 Å². The van der Waals surface area contributed by atoms with E-state index in [1.807, 2.05) is 36.4 Å². The number of furan rings is 1. The molecular weight excluding hydrogens is 330 g/mol. The van der Waals surface area contributed by atoms with E-state index in [1.54, 1.807) is 6.08 Å². The predicted octanol–water partition coefficient (Wildman–Crippen LogP) is 7.09. The zero-order valence-corrected chi connectivity index (χ0v) is 15.4. The van der Waals surface area contributed by atoms with Crippen molar-refractivity contribution >= 4 is 22.6 Å². The molecule has 0 N–H and O–H groups in total. The number of hydrogen-bond acceptors (Lipinski definition) is 2. The molecule has 0 radical (unpaired) electrons. The number of aryl methyl sites for hydroxylation is 1. The lowest BCUT2D eigenvalue weighted by Crippen LogP contribution is -1.83. The summed E-state index contributed by atoms with van der Waals surface area (Å²) in [4.78, 5) is 0. The van der Waals surface area contributed by atoms with Gasteiger partial charge in [0.15, 0.2) is 0 Å². The highest BCUT2D eigenvalue weighted by Gasteiger charge is 2.10. The molecule has 0 aliphatic rings. The molecule has 1 heterocycles. The maximum absolute atomic E-state index is 8.65. The van der Waals surface area contributed by atoms with E-state index in [4.69, 9.17) is 9.68 Å². The zero-order chi connectivity index (χ0) is 19.2. The minimum absolute atomic E-state index is 0.385.